The number of carbonyl (C=O) groups is 1. The fraction of sp³-hybridized carbons (Fsp3) is 0.364. The molecule has 0 unspecified atom stereocenters. The lowest BCUT2D eigenvalue weighted by Gasteiger charge is -2.04. The van der Waals surface area contributed by atoms with Crippen LogP contribution in [0.3, 0.4) is 0 Å². The third-order valence-electron chi connectivity index (χ3n) is 2.38. The summed E-state index contributed by atoms with van der Waals surface area (Å²) in [5.74, 6) is 0.240. The molecule has 1 fully saturated rings. The third-order valence-corrected chi connectivity index (χ3v) is 2.72. The van der Waals surface area contributed by atoms with Crippen molar-refractivity contribution >= 4 is 23.3 Å². The highest BCUT2D eigenvalue weighted by Gasteiger charge is 2.23. The van der Waals surface area contributed by atoms with Crippen molar-refractivity contribution < 1.29 is 9.53 Å². The molecular weight excluding hydrogens is 214 g/mol. The van der Waals surface area contributed by atoms with Crippen LogP contribution in [-0.4, -0.2) is 12.6 Å². The first-order valence-corrected chi connectivity index (χ1v) is 5.27. The summed E-state index contributed by atoms with van der Waals surface area (Å²) < 4.78 is 5.11. The van der Waals surface area contributed by atoms with Gasteiger partial charge in [-0.25, -0.2) is 4.79 Å². The molecule has 80 valence electrons. The quantitative estimate of drug-likeness (QED) is 0.635. The molecule has 2 rings (SSSR count). The van der Waals surface area contributed by atoms with Gasteiger partial charge in [0.1, 0.15) is 0 Å². The van der Waals surface area contributed by atoms with E-state index in [2.05, 4.69) is 0 Å². The molecule has 0 heterocycles. The molecular formula is C11H12ClNO2. The topological polar surface area (TPSA) is 52.3 Å². The summed E-state index contributed by atoms with van der Waals surface area (Å²) in [5.41, 5.74) is 6.44. The lowest BCUT2D eigenvalue weighted by molar-refractivity contribution is 0.0486. The number of hydrogen-bond donors (Lipinski definition) is 1. The first kappa shape index (κ1) is 10.3. The maximum absolute atomic E-state index is 11.5. The van der Waals surface area contributed by atoms with Crippen molar-refractivity contribution in [2.45, 2.75) is 12.8 Å². The van der Waals surface area contributed by atoms with Crippen LogP contribution in [0.15, 0.2) is 18.2 Å². The maximum atomic E-state index is 11.5. The maximum Gasteiger partial charge on any atom is 0.338 e. The number of nitrogen functional groups attached to an aromatic ring is 1. The van der Waals surface area contributed by atoms with E-state index in [1.165, 1.54) is 6.07 Å². The number of carbonyl (C=O) groups excluding carboxylic acids is 1. The van der Waals surface area contributed by atoms with Crippen LogP contribution in [0.2, 0.25) is 5.02 Å². The molecule has 0 aliphatic heterocycles. The van der Waals surface area contributed by atoms with Gasteiger partial charge < -0.3 is 10.5 Å². The number of esters is 1. The van der Waals surface area contributed by atoms with Crippen LogP contribution in [0.5, 0.6) is 0 Å². The zero-order valence-electron chi connectivity index (χ0n) is 8.20. The summed E-state index contributed by atoms with van der Waals surface area (Å²) in [6.07, 6.45) is 2.33. The Morgan fingerprint density at radius 2 is 2.27 bits per heavy atom. The molecule has 0 atom stereocenters. The lowest BCUT2D eigenvalue weighted by Crippen LogP contribution is -2.07. The summed E-state index contributed by atoms with van der Waals surface area (Å²) in [6.45, 7) is 0.515. The Bertz CT molecular complexity index is 388. The van der Waals surface area contributed by atoms with Crippen molar-refractivity contribution in [2.24, 2.45) is 5.92 Å². The Morgan fingerprint density at radius 3 is 2.87 bits per heavy atom. The molecule has 0 amide bonds. The van der Waals surface area contributed by atoms with Crippen LogP contribution in [0.25, 0.3) is 0 Å². The van der Waals surface area contributed by atoms with E-state index in [4.69, 9.17) is 22.1 Å². The highest BCUT2D eigenvalue weighted by Crippen LogP contribution is 2.29. The molecule has 0 radical (unpaired) electrons. The standard InChI is InChI=1S/C11H12ClNO2/c12-9-4-3-8(5-10(9)13)11(14)15-6-7-1-2-7/h3-5,7H,1-2,6,13H2. The minimum Gasteiger partial charge on any atom is -0.462 e. The number of nitrogens with two attached hydrogens (primary N) is 1. The molecule has 0 bridgehead atoms. The van der Waals surface area contributed by atoms with Crippen molar-refractivity contribution in [1.82, 2.24) is 0 Å². The average molecular weight is 226 g/mol. The lowest BCUT2D eigenvalue weighted by atomic mass is 10.2. The van der Waals surface area contributed by atoms with Crippen LogP contribution >= 0.6 is 11.6 Å². The van der Waals surface area contributed by atoms with E-state index in [0.717, 1.165) is 12.8 Å². The Kier molecular flexibility index (Phi) is 2.82. The average Bonchev–Trinajstić information content (AvgIpc) is 3.02. The molecule has 0 saturated heterocycles. The monoisotopic (exact) mass is 225 g/mol. The van der Waals surface area contributed by atoms with E-state index < -0.39 is 0 Å². The number of rotatable bonds is 3. The van der Waals surface area contributed by atoms with E-state index >= 15 is 0 Å². The fourth-order valence-electron chi connectivity index (χ4n) is 1.23. The minimum atomic E-state index is -0.328. The normalized spacial score (nSPS) is 15.0. The molecule has 1 aliphatic rings. The fourth-order valence-corrected chi connectivity index (χ4v) is 1.35. The van der Waals surface area contributed by atoms with Crippen LogP contribution in [0.4, 0.5) is 5.69 Å². The molecule has 0 aromatic heterocycles. The highest BCUT2D eigenvalue weighted by molar-refractivity contribution is 6.33. The Hall–Kier alpha value is -1.22. The molecule has 3 nitrogen and oxygen atoms in total. The number of hydrogen-bond acceptors (Lipinski definition) is 3. The van der Waals surface area contributed by atoms with Gasteiger partial charge in [0, 0.05) is 0 Å². The molecule has 4 heteroatoms. The summed E-state index contributed by atoms with van der Waals surface area (Å²) in [4.78, 5) is 11.5. The molecule has 1 saturated carbocycles. The summed E-state index contributed by atoms with van der Waals surface area (Å²) in [7, 11) is 0. The Balaban J connectivity index is 2.00. The second-order valence-electron chi connectivity index (χ2n) is 3.78. The van der Waals surface area contributed by atoms with Crippen LogP contribution in [0, 0.1) is 5.92 Å². The van der Waals surface area contributed by atoms with E-state index in [9.17, 15) is 4.79 Å². The Labute approximate surface area is 93.2 Å². The van der Waals surface area contributed by atoms with Crippen LogP contribution in [-0.2, 0) is 4.74 Å². The van der Waals surface area contributed by atoms with Gasteiger partial charge in [-0.2, -0.15) is 0 Å². The van der Waals surface area contributed by atoms with Gasteiger partial charge in [-0.15, -0.1) is 0 Å². The smallest absolute Gasteiger partial charge is 0.338 e. The molecule has 15 heavy (non-hydrogen) atoms. The van der Waals surface area contributed by atoms with Crippen molar-refractivity contribution in [3.05, 3.63) is 28.8 Å². The zero-order valence-corrected chi connectivity index (χ0v) is 8.96. The Morgan fingerprint density at radius 1 is 1.53 bits per heavy atom. The predicted octanol–water partition coefficient (Wildman–Crippen LogP) is 2.49. The van der Waals surface area contributed by atoms with Crippen LogP contribution in [0.1, 0.15) is 23.2 Å². The van der Waals surface area contributed by atoms with E-state index in [-0.39, 0.29) is 5.97 Å². The van der Waals surface area contributed by atoms with Gasteiger partial charge in [0.2, 0.25) is 0 Å². The van der Waals surface area contributed by atoms with Crippen molar-refractivity contribution in [2.75, 3.05) is 12.3 Å². The van der Waals surface area contributed by atoms with Crippen molar-refractivity contribution in [1.29, 1.82) is 0 Å². The van der Waals surface area contributed by atoms with Gasteiger partial charge in [0.05, 0.1) is 22.9 Å². The van der Waals surface area contributed by atoms with Crippen molar-refractivity contribution in [3.8, 4) is 0 Å². The minimum absolute atomic E-state index is 0.328. The van der Waals surface area contributed by atoms with Gasteiger partial charge in [-0.3, -0.25) is 0 Å². The molecule has 2 N–H and O–H groups in total. The third kappa shape index (κ3) is 2.63. The van der Waals surface area contributed by atoms with Gasteiger partial charge in [0.15, 0.2) is 0 Å². The first-order valence-electron chi connectivity index (χ1n) is 4.89. The van der Waals surface area contributed by atoms with E-state index in [1.54, 1.807) is 12.1 Å². The van der Waals surface area contributed by atoms with Gasteiger partial charge in [-0.1, -0.05) is 11.6 Å². The molecule has 1 aliphatic carbocycles. The predicted molar refractivity (Wildman–Crippen MR) is 58.9 cm³/mol. The summed E-state index contributed by atoms with van der Waals surface area (Å²) >= 11 is 5.75. The van der Waals surface area contributed by atoms with Crippen LogP contribution < -0.4 is 5.73 Å². The second-order valence-corrected chi connectivity index (χ2v) is 4.19. The number of ether oxygens (including phenoxy) is 1. The van der Waals surface area contributed by atoms with Gasteiger partial charge >= 0.3 is 5.97 Å². The summed E-state index contributed by atoms with van der Waals surface area (Å²) in [6, 6.07) is 4.76. The van der Waals surface area contributed by atoms with Gasteiger partial charge in [0.25, 0.3) is 0 Å². The number of benzene rings is 1. The molecule has 1 aromatic carbocycles. The number of anilines is 1. The van der Waals surface area contributed by atoms with E-state index in [0.29, 0.717) is 28.8 Å². The number of halogens is 1. The molecule has 1 aromatic rings. The largest absolute Gasteiger partial charge is 0.462 e. The summed E-state index contributed by atoms with van der Waals surface area (Å²) in [5, 5.41) is 0.453. The van der Waals surface area contributed by atoms with E-state index in [1.807, 2.05) is 0 Å². The zero-order chi connectivity index (χ0) is 10.8. The van der Waals surface area contributed by atoms with Gasteiger partial charge in [-0.05, 0) is 37.0 Å². The first-order chi connectivity index (χ1) is 7.16. The highest BCUT2D eigenvalue weighted by atomic mass is 35.5. The van der Waals surface area contributed by atoms with Crippen molar-refractivity contribution in [3.63, 3.8) is 0 Å². The molecule has 0 spiro atoms. The SMILES string of the molecule is Nc1cc(C(=O)OCC2CC2)ccc1Cl. The second kappa shape index (κ2) is 4.11.